The van der Waals surface area contributed by atoms with Crippen LogP contribution >= 0.6 is 0 Å². The molecule has 6 heteroatoms. The number of rotatable bonds is 3. The highest BCUT2D eigenvalue weighted by molar-refractivity contribution is 6.02. The van der Waals surface area contributed by atoms with Crippen LogP contribution in [0.25, 0.3) is 22.5 Å². The number of nitrogen functional groups attached to an aromatic ring is 1. The molecule has 1 heterocycles. The van der Waals surface area contributed by atoms with E-state index in [1.165, 1.54) is 0 Å². The standard InChI is InChI=1S/C18H17N5O/c1-21-17(20)13-9-12(7-8-14(13)19)16-10-15(22-18(24)23-16)11-5-3-2-4-6-11/h2-10H,19H2,1H3,(H2,20,21)(H,22,23,24). The molecule has 5 N–H and O–H groups in total. The highest BCUT2D eigenvalue weighted by Crippen LogP contribution is 2.24. The van der Waals surface area contributed by atoms with Crippen LogP contribution in [0, 0.1) is 0 Å². The van der Waals surface area contributed by atoms with Crippen LogP contribution in [-0.4, -0.2) is 22.9 Å². The van der Waals surface area contributed by atoms with Gasteiger partial charge in [0.15, 0.2) is 0 Å². The zero-order valence-corrected chi connectivity index (χ0v) is 13.2. The highest BCUT2D eigenvalue weighted by atomic mass is 16.1. The molecule has 3 aromatic rings. The molecule has 24 heavy (non-hydrogen) atoms. The van der Waals surface area contributed by atoms with Gasteiger partial charge in [0, 0.05) is 23.9 Å². The maximum absolute atomic E-state index is 12.0. The van der Waals surface area contributed by atoms with Crippen LogP contribution in [0.2, 0.25) is 0 Å². The van der Waals surface area contributed by atoms with Gasteiger partial charge in [-0.25, -0.2) is 4.79 Å². The first-order chi connectivity index (χ1) is 11.6. The van der Waals surface area contributed by atoms with Crippen LogP contribution in [-0.2, 0) is 0 Å². The first-order valence-corrected chi connectivity index (χ1v) is 7.38. The Morgan fingerprint density at radius 1 is 1.08 bits per heavy atom. The predicted molar refractivity (Wildman–Crippen MR) is 96.8 cm³/mol. The number of aromatic nitrogens is 2. The van der Waals surface area contributed by atoms with Gasteiger partial charge in [-0.2, -0.15) is 4.98 Å². The van der Waals surface area contributed by atoms with Crippen molar-refractivity contribution in [2.45, 2.75) is 0 Å². The third-order valence-electron chi connectivity index (χ3n) is 3.70. The minimum atomic E-state index is -0.415. The first kappa shape index (κ1) is 15.5. The molecule has 0 radical (unpaired) electrons. The molecule has 2 aromatic carbocycles. The minimum Gasteiger partial charge on any atom is -0.398 e. The second kappa shape index (κ2) is 6.37. The monoisotopic (exact) mass is 319 g/mol. The molecule has 0 fully saturated rings. The van der Waals surface area contributed by atoms with Crippen molar-refractivity contribution >= 4 is 11.5 Å². The normalized spacial score (nSPS) is 11.5. The van der Waals surface area contributed by atoms with Crippen LogP contribution in [0.1, 0.15) is 5.56 Å². The molecule has 0 spiro atoms. The zero-order chi connectivity index (χ0) is 17.1. The summed E-state index contributed by atoms with van der Waals surface area (Å²) in [6, 6.07) is 16.7. The Balaban J connectivity index is 2.14. The molecule has 0 amide bonds. The Morgan fingerprint density at radius 3 is 2.54 bits per heavy atom. The number of aromatic amines is 1. The smallest absolute Gasteiger partial charge is 0.345 e. The molecule has 0 saturated carbocycles. The van der Waals surface area contributed by atoms with Gasteiger partial charge >= 0.3 is 5.69 Å². The highest BCUT2D eigenvalue weighted by Gasteiger charge is 2.10. The lowest BCUT2D eigenvalue weighted by Crippen LogP contribution is -2.16. The maximum atomic E-state index is 12.0. The third kappa shape index (κ3) is 3.03. The van der Waals surface area contributed by atoms with Gasteiger partial charge in [-0.15, -0.1) is 0 Å². The van der Waals surface area contributed by atoms with Crippen LogP contribution in [0.3, 0.4) is 0 Å². The molecule has 0 aliphatic heterocycles. The van der Waals surface area contributed by atoms with Gasteiger partial charge < -0.3 is 16.5 Å². The van der Waals surface area contributed by atoms with Crippen LogP contribution in [0.15, 0.2) is 64.4 Å². The second-order valence-electron chi connectivity index (χ2n) is 5.26. The molecule has 3 rings (SSSR count). The number of aliphatic imine (C=N–C) groups is 1. The van der Waals surface area contributed by atoms with E-state index in [1.807, 2.05) is 36.4 Å². The second-order valence-corrected chi connectivity index (χ2v) is 5.26. The van der Waals surface area contributed by atoms with E-state index in [4.69, 9.17) is 11.5 Å². The van der Waals surface area contributed by atoms with Crippen molar-refractivity contribution in [3.63, 3.8) is 0 Å². The Kier molecular flexibility index (Phi) is 4.11. The van der Waals surface area contributed by atoms with E-state index in [1.54, 1.807) is 25.2 Å². The number of nitrogens with one attached hydrogen (secondary N) is 1. The summed E-state index contributed by atoms with van der Waals surface area (Å²) in [5.41, 5.74) is 15.4. The number of anilines is 1. The maximum Gasteiger partial charge on any atom is 0.345 e. The number of hydrogen-bond donors (Lipinski definition) is 3. The summed E-state index contributed by atoms with van der Waals surface area (Å²) in [6.45, 7) is 0. The van der Waals surface area contributed by atoms with Gasteiger partial charge in [0.2, 0.25) is 0 Å². The van der Waals surface area contributed by atoms with Crippen molar-refractivity contribution in [2.75, 3.05) is 12.8 Å². The average Bonchev–Trinajstić information content (AvgIpc) is 2.61. The summed E-state index contributed by atoms with van der Waals surface area (Å²) in [5, 5.41) is 0. The van der Waals surface area contributed by atoms with Gasteiger partial charge in [0.1, 0.15) is 5.84 Å². The molecule has 0 unspecified atom stereocenters. The van der Waals surface area contributed by atoms with Crippen LogP contribution in [0.4, 0.5) is 5.69 Å². The van der Waals surface area contributed by atoms with Crippen molar-refractivity contribution in [1.29, 1.82) is 0 Å². The molecular weight excluding hydrogens is 302 g/mol. The molecule has 0 bridgehead atoms. The number of amidine groups is 1. The lowest BCUT2D eigenvalue weighted by Gasteiger charge is -2.09. The van der Waals surface area contributed by atoms with Crippen LogP contribution in [0.5, 0.6) is 0 Å². The van der Waals surface area contributed by atoms with Gasteiger partial charge in [-0.1, -0.05) is 36.4 Å². The topological polar surface area (TPSA) is 110 Å². The number of nitrogens with zero attached hydrogens (tertiary/aromatic N) is 2. The number of nitrogens with two attached hydrogens (primary N) is 2. The van der Waals surface area contributed by atoms with Crippen LogP contribution < -0.4 is 17.2 Å². The van der Waals surface area contributed by atoms with Crippen molar-refractivity contribution in [3.05, 3.63) is 70.6 Å². The Labute approximate surface area is 138 Å². The van der Waals surface area contributed by atoms with Gasteiger partial charge in [-0.3, -0.25) is 4.99 Å². The predicted octanol–water partition coefficient (Wildman–Crippen LogP) is 2.02. The lowest BCUT2D eigenvalue weighted by molar-refractivity contribution is 1.09. The fourth-order valence-electron chi connectivity index (χ4n) is 2.44. The molecule has 0 saturated heterocycles. The first-order valence-electron chi connectivity index (χ1n) is 7.38. The van der Waals surface area contributed by atoms with E-state index in [9.17, 15) is 4.79 Å². The third-order valence-corrected chi connectivity index (χ3v) is 3.70. The summed E-state index contributed by atoms with van der Waals surface area (Å²) < 4.78 is 0. The van der Waals surface area contributed by atoms with Gasteiger partial charge in [0.05, 0.1) is 11.4 Å². The fourth-order valence-corrected chi connectivity index (χ4v) is 2.44. The van der Waals surface area contributed by atoms with Gasteiger partial charge in [-0.05, 0) is 23.8 Å². The van der Waals surface area contributed by atoms with Crippen molar-refractivity contribution < 1.29 is 0 Å². The average molecular weight is 319 g/mol. The molecule has 6 nitrogen and oxygen atoms in total. The van der Waals surface area contributed by atoms with Crippen molar-refractivity contribution in [2.24, 2.45) is 10.7 Å². The van der Waals surface area contributed by atoms with E-state index in [0.717, 1.165) is 11.1 Å². The largest absolute Gasteiger partial charge is 0.398 e. The lowest BCUT2D eigenvalue weighted by atomic mass is 10.0. The van der Waals surface area contributed by atoms with Crippen molar-refractivity contribution in [1.82, 2.24) is 9.97 Å². The summed E-state index contributed by atoms with van der Waals surface area (Å²) >= 11 is 0. The molecule has 0 aliphatic rings. The summed E-state index contributed by atoms with van der Waals surface area (Å²) in [4.78, 5) is 22.7. The van der Waals surface area contributed by atoms with Gasteiger partial charge in [0.25, 0.3) is 0 Å². The summed E-state index contributed by atoms with van der Waals surface area (Å²) in [5.74, 6) is 0.336. The molecule has 120 valence electrons. The molecule has 0 aliphatic carbocycles. The Morgan fingerprint density at radius 2 is 1.83 bits per heavy atom. The number of benzene rings is 2. The van der Waals surface area contributed by atoms with E-state index in [2.05, 4.69) is 15.0 Å². The molecule has 1 aromatic heterocycles. The molecular formula is C18H17N5O. The fraction of sp³-hybridized carbons (Fsp3) is 0.0556. The van der Waals surface area contributed by atoms with E-state index in [-0.39, 0.29) is 0 Å². The Bertz CT molecular complexity index is 961. The number of H-pyrrole nitrogens is 1. The quantitative estimate of drug-likeness (QED) is 0.389. The van der Waals surface area contributed by atoms with E-state index in [0.29, 0.717) is 28.5 Å². The Hall–Kier alpha value is -3.41. The zero-order valence-electron chi connectivity index (χ0n) is 13.2. The van der Waals surface area contributed by atoms with E-state index < -0.39 is 5.69 Å². The number of hydrogen-bond acceptors (Lipinski definition) is 4. The SMILES string of the molecule is CN=C(N)c1cc(-c2cc(-c3ccccc3)[nH]c(=O)n2)ccc1N. The minimum absolute atomic E-state index is 0.336. The summed E-state index contributed by atoms with van der Waals surface area (Å²) in [7, 11) is 1.60. The summed E-state index contributed by atoms with van der Waals surface area (Å²) in [6.07, 6.45) is 0. The van der Waals surface area contributed by atoms with Crippen molar-refractivity contribution in [3.8, 4) is 22.5 Å². The van der Waals surface area contributed by atoms with E-state index >= 15 is 0 Å². The molecule has 0 atom stereocenters.